The molecule has 0 fully saturated rings. The molecule has 0 amide bonds. The summed E-state index contributed by atoms with van der Waals surface area (Å²) in [6.07, 6.45) is 0.755. The molecule has 5 heteroatoms. The summed E-state index contributed by atoms with van der Waals surface area (Å²) in [6.45, 7) is 0. The van der Waals surface area contributed by atoms with Gasteiger partial charge < -0.3 is 9.84 Å². The number of hydrogen-bond acceptors (Lipinski definition) is 4. The van der Waals surface area contributed by atoms with Crippen LogP contribution in [-0.4, -0.2) is 21.8 Å². The van der Waals surface area contributed by atoms with Gasteiger partial charge in [0.2, 0.25) is 5.90 Å². The van der Waals surface area contributed by atoms with Gasteiger partial charge in [-0.25, -0.2) is 4.99 Å². The fourth-order valence-corrected chi connectivity index (χ4v) is 2.91. The fraction of sp³-hybridized carbons (Fsp3) is 0.118. The molecule has 0 spiro atoms. The van der Waals surface area contributed by atoms with Crippen LogP contribution in [0.3, 0.4) is 0 Å². The third-order valence-corrected chi connectivity index (χ3v) is 4.12. The maximum atomic E-state index is 9.60. The molecule has 4 rings (SSSR count). The number of aromatic hydroxyl groups is 1. The van der Waals surface area contributed by atoms with Crippen molar-refractivity contribution in [1.29, 1.82) is 0 Å². The van der Waals surface area contributed by atoms with Crippen LogP contribution < -0.4 is 4.74 Å². The van der Waals surface area contributed by atoms with Gasteiger partial charge in [0.15, 0.2) is 5.84 Å². The summed E-state index contributed by atoms with van der Waals surface area (Å²) in [5.74, 6) is 1.95. The average Bonchev–Trinajstić information content (AvgIpc) is 2.53. The van der Waals surface area contributed by atoms with E-state index in [1.54, 1.807) is 18.2 Å². The third-order valence-electron chi connectivity index (χ3n) is 3.74. The van der Waals surface area contributed by atoms with E-state index < -0.39 is 0 Å². The summed E-state index contributed by atoms with van der Waals surface area (Å²) < 4.78 is 5.91. The minimum atomic E-state index is -0.0917. The normalized spacial score (nSPS) is 19.5. The van der Waals surface area contributed by atoms with E-state index in [2.05, 4.69) is 9.98 Å². The number of amidine groups is 1. The molecule has 2 heterocycles. The SMILES string of the molecule is Oc1cccc(C2=NC(=S)C3Cc4ccccc4OC3=N2)c1. The predicted octanol–water partition coefficient (Wildman–Crippen LogP) is 3.13. The highest BCUT2D eigenvalue weighted by Gasteiger charge is 2.33. The van der Waals surface area contributed by atoms with Crippen molar-refractivity contribution >= 4 is 28.9 Å². The summed E-state index contributed by atoms with van der Waals surface area (Å²) in [5, 5.41) is 9.60. The number of rotatable bonds is 1. The lowest BCUT2D eigenvalue weighted by Gasteiger charge is -2.28. The molecule has 0 bridgehead atoms. The summed E-state index contributed by atoms with van der Waals surface area (Å²) >= 11 is 5.43. The maximum absolute atomic E-state index is 9.60. The van der Waals surface area contributed by atoms with Crippen molar-refractivity contribution in [3.8, 4) is 11.5 Å². The summed E-state index contributed by atoms with van der Waals surface area (Å²) in [6, 6.07) is 14.7. The first-order valence-corrected chi connectivity index (χ1v) is 7.38. The Bertz CT molecular complexity index is 842. The van der Waals surface area contributed by atoms with Crippen LogP contribution in [-0.2, 0) is 6.42 Å². The molecular weight excluding hydrogens is 296 g/mol. The molecule has 1 atom stereocenters. The van der Waals surface area contributed by atoms with E-state index in [1.807, 2.05) is 30.3 Å². The molecule has 2 aliphatic heterocycles. The highest BCUT2D eigenvalue weighted by molar-refractivity contribution is 7.80. The van der Waals surface area contributed by atoms with Gasteiger partial charge >= 0.3 is 0 Å². The highest BCUT2D eigenvalue weighted by Crippen LogP contribution is 2.31. The van der Waals surface area contributed by atoms with E-state index in [1.165, 1.54) is 0 Å². The second kappa shape index (κ2) is 5.03. The van der Waals surface area contributed by atoms with Gasteiger partial charge in [0.05, 0.1) is 5.92 Å². The average molecular weight is 308 g/mol. The van der Waals surface area contributed by atoms with Crippen molar-refractivity contribution in [3.05, 3.63) is 59.7 Å². The molecule has 1 N–H and O–H groups in total. The Morgan fingerprint density at radius 1 is 1.09 bits per heavy atom. The van der Waals surface area contributed by atoms with Crippen molar-refractivity contribution in [2.75, 3.05) is 0 Å². The highest BCUT2D eigenvalue weighted by atomic mass is 32.1. The molecule has 0 saturated heterocycles. The van der Waals surface area contributed by atoms with E-state index in [4.69, 9.17) is 17.0 Å². The molecule has 2 aromatic rings. The quantitative estimate of drug-likeness (QED) is 0.824. The molecule has 22 heavy (non-hydrogen) atoms. The molecule has 2 aromatic carbocycles. The van der Waals surface area contributed by atoms with Crippen LogP contribution in [0.25, 0.3) is 0 Å². The van der Waals surface area contributed by atoms with Crippen molar-refractivity contribution < 1.29 is 9.84 Å². The summed E-state index contributed by atoms with van der Waals surface area (Å²) in [7, 11) is 0. The second-order valence-electron chi connectivity index (χ2n) is 5.24. The number of hydrogen-bond donors (Lipinski definition) is 1. The van der Waals surface area contributed by atoms with Crippen molar-refractivity contribution in [2.45, 2.75) is 6.42 Å². The molecule has 1 unspecified atom stereocenters. The van der Waals surface area contributed by atoms with Gasteiger partial charge in [0.25, 0.3) is 0 Å². The van der Waals surface area contributed by atoms with Gasteiger partial charge in [-0.2, -0.15) is 4.99 Å². The zero-order chi connectivity index (χ0) is 15.1. The van der Waals surface area contributed by atoms with Gasteiger partial charge in [-0.3, -0.25) is 0 Å². The van der Waals surface area contributed by atoms with E-state index in [0.29, 0.717) is 16.7 Å². The Balaban J connectivity index is 1.75. The number of benzene rings is 2. The van der Waals surface area contributed by atoms with Crippen molar-refractivity contribution in [2.24, 2.45) is 15.9 Å². The first-order valence-electron chi connectivity index (χ1n) is 6.97. The van der Waals surface area contributed by atoms with Gasteiger partial charge in [0, 0.05) is 5.56 Å². The maximum Gasteiger partial charge on any atom is 0.207 e. The smallest absolute Gasteiger partial charge is 0.207 e. The standard InChI is InChI=1S/C17H12N2O2S/c20-12-6-3-5-11(8-12)15-18-16-13(17(22)19-15)9-10-4-1-2-7-14(10)21-16/h1-8,13,20H,9H2. The molecule has 0 aliphatic carbocycles. The number of aliphatic imine (C=N–C) groups is 2. The lowest BCUT2D eigenvalue weighted by Crippen LogP contribution is -2.36. The number of phenols is 1. The summed E-state index contributed by atoms with van der Waals surface area (Å²) in [4.78, 5) is 9.50. The van der Waals surface area contributed by atoms with E-state index in [9.17, 15) is 5.11 Å². The first-order chi connectivity index (χ1) is 10.7. The minimum Gasteiger partial charge on any atom is -0.508 e. The van der Waals surface area contributed by atoms with Gasteiger partial charge in [-0.1, -0.05) is 42.5 Å². The molecular formula is C17H12N2O2S. The molecule has 4 nitrogen and oxygen atoms in total. The lowest BCUT2D eigenvalue weighted by molar-refractivity contribution is 0.475. The fourth-order valence-electron chi connectivity index (χ4n) is 2.64. The minimum absolute atomic E-state index is 0.0917. The van der Waals surface area contributed by atoms with Crippen molar-refractivity contribution in [1.82, 2.24) is 0 Å². The molecule has 108 valence electrons. The molecule has 0 saturated carbocycles. The van der Waals surface area contributed by atoms with Crippen LogP contribution >= 0.6 is 12.2 Å². The zero-order valence-electron chi connectivity index (χ0n) is 11.6. The molecule has 0 aromatic heterocycles. The van der Waals surface area contributed by atoms with E-state index in [0.717, 1.165) is 23.3 Å². The second-order valence-corrected chi connectivity index (χ2v) is 5.66. The monoisotopic (exact) mass is 308 g/mol. The third kappa shape index (κ3) is 2.19. The van der Waals surface area contributed by atoms with Gasteiger partial charge in [-0.15, -0.1) is 0 Å². The Labute approximate surface area is 132 Å². The summed E-state index contributed by atoms with van der Waals surface area (Å²) in [5.41, 5.74) is 1.83. The van der Waals surface area contributed by atoms with Crippen LogP contribution in [0.5, 0.6) is 11.5 Å². The van der Waals surface area contributed by atoms with Gasteiger partial charge in [0.1, 0.15) is 16.5 Å². The molecule has 2 aliphatic rings. The van der Waals surface area contributed by atoms with Crippen molar-refractivity contribution in [3.63, 3.8) is 0 Å². The Kier molecular flexibility index (Phi) is 3.01. The zero-order valence-corrected chi connectivity index (χ0v) is 12.4. The number of thiocarbonyl (C=S) groups is 1. The topological polar surface area (TPSA) is 54.2 Å². The number of para-hydroxylation sites is 1. The number of ether oxygens (including phenoxy) is 1. The van der Waals surface area contributed by atoms with Gasteiger partial charge in [-0.05, 0) is 30.2 Å². The van der Waals surface area contributed by atoms with E-state index >= 15 is 0 Å². The Morgan fingerprint density at radius 2 is 1.95 bits per heavy atom. The van der Waals surface area contributed by atoms with E-state index in [-0.39, 0.29) is 11.7 Å². The Morgan fingerprint density at radius 3 is 2.82 bits per heavy atom. The van der Waals surface area contributed by atoms with Crippen LogP contribution in [0, 0.1) is 5.92 Å². The largest absolute Gasteiger partial charge is 0.508 e. The van der Waals surface area contributed by atoms with Crippen LogP contribution in [0.15, 0.2) is 58.5 Å². The predicted molar refractivity (Wildman–Crippen MR) is 88.9 cm³/mol. The first kappa shape index (κ1) is 13.2. The Hall–Kier alpha value is -2.53. The van der Waals surface area contributed by atoms with Crippen LogP contribution in [0.4, 0.5) is 0 Å². The number of nitrogens with zero attached hydrogens (tertiary/aromatic N) is 2. The van der Waals surface area contributed by atoms with Crippen LogP contribution in [0.1, 0.15) is 11.1 Å². The lowest BCUT2D eigenvalue weighted by atomic mass is 9.94. The molecule has 0 radical (unpaired) electrons. The number of phenolic OH excluding ortho intramolecular Hbond substituents is 1. The van der Waals surface area contributed by atoms with Crippen LogP contribution in [0.2, 0.25) is 0 Å². The number of fused-ring (bicyclic) bond motifs is 2.